The largest absolute Gasteiger partial charge is 0.399 e. The topological polar surface area (TPSA) is 72.2 Å². The number of sulfonamides is 1. The van der Waals surface area contributed by atoms with Crippen molar-refractivity contribution in [1.82, 2.24) is 0 Å². The van der Waals surface area contributed by atoms with Crippen LogP contribution in [0, 0.1) is 0 Å². The normalized spacial score (nSPS) is 11.3. The number of hydrogen-bond donors (Lipinski definition) is 2. The van der Waals surface area contributed by atoms with E-state index in [9.17, 15) is 8.42 Å². The number of nitrogens with one attached hydrogen (secondary N) is 1. The van der Waals surface area contributed by atoms with Gasteiger partial charge >= 0.3 is 0 Å². The predicted octanol–water partition coefficient (Wildman–Crippen LogP) is 4.36. The van der Waals surface area contributed by atoms with Crippen molar-refractivity contribution in [2.45, 2.75) is 4.90 Å². The third-order valence-corrected chi connectivity index (χ3v) is 5.95. The number of anilines is 2. The molecule has 106 valence electrons. The highest BCUT2D eigenvalue weighted by atomic mass is 79.9. The molecule has 2 aromatic rings. The minimum absolute atomic E-state index is 0.124. The Hall–Kier alpha value is -0.570. The summed E-state index contributed by atoms with van der Waals surface area (Å²) in [6.45, 7) is 0. The lowest BCUT2D eigenvalue weighted by atomic mass is 10.3. The lowest BCUT2D eigenvalue weighted by Crippen LogP contribution is -2.14. The van der Waals surface area contributed by atoms with Gasteiger partial charge in [0.1, 0.15) is 4.90 Å². The summed E-state index contributed by atoms with van der Waals surface area (Å²) in [5.41, 5.74) is 6.54. The van der Waals surface area contributed by atoms with Gasteiger partial charge in [-0.1, -0.05) is 15.9 Å². The molecule has 2 rings (SSSR count). The molecule has 0 heterocycles. The summed E-state index contributed by atoms with van der Waals surface area (Å²) in [5, 5.41) is 0. The van der Waals surface area contributed by atoms with Crippen LogP contribution in [-0.2, 0) is 10.0 Å². The smallest absolute Gasteiger partial charge is 0.263 e. The molecule has 0 saturated carbocycles. The van der Waals surface area contributed by atoms with E-state index in [1.807, 2.05) is 0 Å². The van der Waals surface area contributed by atoms with E-state index in [0.29, 0.717) is 20.3 Å². The molecule has 0 bridgehead atoms. The van der Waals surface area contributed by atoms with E-state index in [-0.39, 0.29) is 4.90 Å². The van der Waals surface area contributed by atoms with Gasteiger partial charge in [0.15, 0.2) is 0 Å². The van der Waals surface area contributed by atoms with Crippen LogP contribution in [0.1, 0.15) is 0 Å². The molecule has 0 spiro atoms. The van der Waals surface area contributed by atoms with Crippen molar-refractivity contribution < 1.29 is 8.42 Å². The van der Waals surface area contributed by atoms with E-state index < -0.39 is 10.0 Å². The Morgan fingerprint density at radius 1 is 0.950 bits per heavy atom. The van der Waals surface area contributed by atoms with Gasteiger partial charge in [0, 0.05) is 19.1 Å². The van der Waals surface area contributed by atoms with Crippen LogP contribution in [0.25, 0.3) is 0 Å². The molecular weight excluding hydrogens is 476 g/mol. The fourth-order valence-corrected chi connectivity index (χ4v) is 4.52. The fraction of sp³-hybridized carbons (Fsp3) is 0. The summed E-state index contributed by atoms with van der Waals surface area (Å²) in [4.78, 5) is 0.124. The zero-order chi connectivity index (χ0) is 14.9. The third-order valence-electron chi connectivity index (χ3n) is 2.42. The molecule has 0 aliphatic heterocycles. The monoisotopic (exact) mass is 482 g/mol. The first kappa shape index (κ1) is 15.8. The van der Waals surface area contributed by atoms with Crippen molar-refractivity contribution in [1.29, 1.82) is 0 Å². The van der Waals surface area contributed by atoms with E-state index in [0.717, 1.165) is 4.47 Å². The van der Waals surface area contributed by atoms with Gasteiger partial charge in [-0.25, -0.2) is 8.42 Å². The molecule has 4 nitrogen and oxygen atoms in total. The zero-order valence-electron chi connectivity index (χ0n) is 9.90. The van der Waals surface area contributed by atoms with E-state index in [1.165, 1.54) is 12.1 Å². The highest BCUT2D eigenvalue weighted by Gasteiger charge is 2.19. The van der Waals surface area contributed by atoms with Gasteiger partial charge in [0.25, 0.3) is 10.0 Å². The molecular formula is C12H9Br3N2O2S. The number of nitrogens with two attached hydrogens (primary N) is 1. The maximum absolute atomic E-state index is 12.4. The van der Waals surface area contributed by atoms with Crippen molar-refractivity contribution in [2.24, 2.45) is 0 Å². The fourth-order valence-electron chi connectivity index (χ4n) is 1.51. The molecule has 8 heteroatoms. The standard InChI is InChI=1S/C12H9Br3N2O2S/c13-7-1-3-9(14)11(5-7)17-20(18,19)12-4-2-8(16)6-10(12)15/h1-6,17H,16H2. The summed E-state index contributed by atoms with van der Waals surface area (Å²) in [6.07, 6.45) is 0. The molecule has 0 unspecified atom stereocenters. The Morgan fingerprint density at radius 3 is 2.30 bits per heavy atom. The van der Waals surface area contributed by atoms with Gasteiger partial charge in [-0.15, -0.1) is 0 Å². The molecule has 2 aromatic carbocycles. The average molecular weight is 485 g/mol. The van der Waals surface area contributed by atoms with Crippen LogP contribution in [0.3, 0.4) is 0 Å². The van der Waals surface area contributed by atoms with Crippen LogP contribution in [0.2, 0.25) is 0 Å². The van der Waals surface area contributed by atoms with Crippen LogP contribution < -0.4 is 10.5 Å². The summed E-state index contributed by atoms with van der Waals surface area (Å²) >= 11 is 9.82. The van der Waals surface area contributed by atoms with Crippen molar-refractivity contribution in [3.05, 3.63) is 49.8 Å². The molecule has 0 aliphatic carbocycles. The molecule has 0 fully saturated rings. The first-order valence-corrected chi connectivity index (χ1v) is 9.19. The van der Waals surface area contributed by atoms with Crippen molar-refractivity contribution in [2.75, 3.05) is 10.5 Å². The Balaban J connectivity index is 2.43. The molecule has 0 saturated heterocycles. The first-order chi connectivity index (χ1) is 9.29. The van der Waals surface area contributed by atoms with Crippen molar-refractivity contribution in [3.63, 3.8) is 0 Å². The molecule has 0 aromatic heterocycles. The van der Waals surface area contributed by atoms with Crippen molar-refractivity contribution in [3.8, 4) is 0 Å². The first-order valence-electron chi connectivity index (χ1n) is 5.32. The van der Waals surface area contributed by atoms with Gasteiger partial charge in [-0.05, 0) is 68.3 Å². The quantitative estimate of drug-likeness (QED) is 0.636. The van der Waals surface area contributed by atoms with Crippen LogP contribution >= 0.6 is 47.8 Å². The van der Waals surface area contributed by atoms with E-state index >= 15 is 0 Å². The van der Waals surface area contributed by atoms with Gasteiger partial charge < -0.3 is 5.73 Å². The maximum atomic E-state index is 12.4. The van der Waals surface area contributed by atoms with Gasteiger partial charge in [-0.2, -0.15) is 0 Å². The van der Waals surface area contributed by atoms with Crippen molar-refractivity contribution >= 4 is 69.2 Å². The van der Waals surface area contributed by atoms with Crippen LogP contribution in [0.5, 0.6) is 0 Å². The van der Waals surface area contributed by atoms with Crippen LogP contribution in [0.15, 0.2) is 54.7 Å². The number of halogens is 3. The number of benzene rings is 2. The average Bonchev–Trinajstić information content (AvgIpc) is 2.33. The van der Waals surface area contributed by atoms with E-state index in [1.54, 1.807) is 24.3 Å². The molecule has 0 aliphatic rings. The van der Waals surface area contributed by atoms with Crippen LogP contribution in [-0.4, -0.2) is 8.42 Å². The van der Waals surface area contributed by atoms with E-state index in [2.05, 4.69) is 52.5 Å². The molecule has 0 radical (unpaired) electrons. The highest BCUT2D eigenvalue weighted by molar-refractivity contribution is 9.11. The Bertz CT molecular complexity index is 763. The minimum Gasteiger partial charge on any atom is -0.399 e. The predicted molar refractivity (Wildman–Crippen MR) is 91.2 cm³/mol. The third kappa shape index (κ3) is 3.55. The SMILES string of the molecule is Nc1ccc(S(=O)(=O)Nc2cc(Br)ccc2Br)c(Br)c1. The minimum atomic E-state index is -3.70. The summed E-state index contributed by atoms with van der Waals surface area (Å²) in [6, 6.07) is 9.77. The van der Waals surface area contributed by atoms with Crippen LogP contribution in [0.4, 0.5) is 11.4 Å². The highest BCUT2D eigenvalue weighted by Crippen LogP contribution is 2.30. The Kier molecular flexibility index (Phi) is 4.78. The number of nitrogen functional groups attached to an aromatic ring is 1. The Morgan fingerprint density at radius 2 is 1.65 bits per heavy atom. The van der Waals surface area contributed by atoms with Gasteiger partial charge in [0.05, 0.1) is 5.69 Å². The summed E-state index contributed by atoms with van der Waals surface area (Å²) < 4.78 is 29.1. The summed E-state index contributed by atoms with van der Waals surface area (Å²) in [5.74, 6) is 0. The second kappa shape index (κ2) is 6.05. The number of rotatable bonds is 3. The Labute approximate surface area is 142 Å². The lowest BCUT2D eigenvalue weighted by molar-refractivity contribution is 0.601. The molecule has 3 N–H and O–H groups in total. The van der Waals surface area contributed by atoms with Gasteiger partial charge in [0.2, 0.25) is 0 Å². The second-order valence-corrected chi connectivity index (χ2v) is 8.19. The van der Waals surface area contributed by atoms with E-state index in [4.69, 9.17) is 5.73 Å². The zero-order valence-corrected chi connectivity index (χ0v) is 15.5. The maximum Gasteiger partial charge on any atom is 0.263 e. The summed E-state index contributed by atoms with van der Waals surface area (Å²) in [7, 11) is -3.70. The second-order valence-electron chi connectivity index (χ2n) is 3.92. The number of hydrogen-bond acceptors (Lipinski definition) is 3. The molecule has 0 atom stereocenters. The molecule has 0 amide bonds. The lowest BCUT2D eigenvalue weighted by Gasteiger charge is -2.11. The molecule has 20 heavy (non-hydrogen) atoms. The van der Waals surface area contributed by atoms with Gasteiger partial charge in [-0.3, -0.25) is 4.72 Å².